The van der Waals surface area contributed by atoms with Crippen LogP contribution >= 0.6 is 0 Å². The predicted octanol–water partition coefficient (Wildman–Crippen LogP) is 20.4. The van der Waals surface area contributed by atoms with Crippen molar-refractivity contribution >= 4 is 17.9 Å². The molecule has 0 aliphatic heterocycles. The van der Waals surface area contributed by atoms with Crippen LogP contribution in [0.4, 0.5) is 0 Å². The largest absolute Gasteiger partial charge is 0.462 e. The van der Waals surface area contributed by atoms with Crippen molar-refractivity contribution in [2.45, 2.75) is 252 Å². The van der Waals surface area contributed by atoms with Gasteiger partial charge in [-0.2, -0.15) is 0 Å². The Balaban J connectivity index is 4.54. The van der Waals surface area contributed by atoms with Gasteiger partial charge in [0.25, 0.3) is 0 Å². The number of carbonyl (C=O) groups is 3. The van der Waals surface area contributed by atoms with Gasteiger partial charge in [0.2, 0.25) is 0 Å². The Labute approximate surface area is 455 Å². The van der Waals surface area contributed by atoms with Gasteiger partial charge < -0.3 is 14.2 Å². The van der Waals surface area contributed by atoms with E-state index in [0.29, 0.717) is 19.3 Å². The van der Waals surface area contributed by atoms with Gasteiger partial charge >= 0.3 is 17.9 Å². The second-order valence-corrected chi connectivity index (χ2v) is 19.1. The quantitative estimate of drug-likeness (QED) is 0.0261. The van der Waals surface area contributed by atoms with Crippen LogP contribution in [0.5, 0.6) is 0 Å². The average Bonchev–Trinajstić information content (AvgIpc) is 3.40. The molecule has 0 amide bonds. The zero-order valence-electron chi connectivity index (χ0n) is 47.5. The smallest absolute Gasteiger partial charge is 0.306 e. The highest BCUT2D eigenvalue weighted by molar-refractivity contribution is 5.71. The summed E-state index contributed by atoms with van der Waals surface area (Å²) in [5.74, 6) is -0.986. The Morgan fingerprint density at radius 1 is 0.284 bits per heavy atom. The Morgan fingerprint density at radius 2 is 0.527 bits per heavy atom. The van der Waals surface area contributed by atoms with Gasteiger partial charge in [-0.25, -0.2) is 0 Å². The van der Waals surface area contributed by atoms with E-state index < -0.39 is 6.10 Å². The van der Waals surface area contributed by atoms with Crippen LogP contribution in [0, 0.1) is 0 Å². The molecule has 0 bridgehead atoms. The van der Waals surface area contributed by atoms with E-state index in [4.69, 9.17) is 14.2 Å². The molecule has 0 saturated heterocycles. The fourth-order valence-electron chi connectivity index (χ4n) is 7.64. The lowest BCUT2D eigenvalue weighted by molar-refractivity contribution is -0.167. The normalized spacial score (nSPS) is 13.2. The first-order valence-electron chi connectivity index (χ1n) is 29.8. The number of hydrogen-bond donors (Lipinski definition) is 0. The molecule has 1 unspecified atom stereocenters. The number of ether oxygens (including phenoxy) is 3. The fraction of sp³-hybridized carbons (Fsp3) is 0.603. The molecule has 0 saturated carbocycles. The minimum atomic E-state index is -0.817. The average molecular weight is 1020 g/mol. The molecule has 0 heterocycles. The SMILES string of the molecule is CC/C=C\C/C=C\C/C=C\C/C=C\C/C=C\C/C=C\CCCCC(=O)OCC(COC(=O)CCCCCCC/C=C\CCCCCCC)OC(=O)CCCCCCC/C=C\C/C=C\C/C=C\C/C=C\C/C=C\CC. The highest BCUT2D eigenvalue weighted by atomic mass is 16.6. The molecule has 6 nitrogen and oxygen atoms in total. The monoisotopic (exact) mass is 1020 g/mol. The number of unbranched alkanes of at least 4 members (excludes halogenated alkanes) is 17. The van der Waals surface area contributed by atoms with Crippen molar-refractivity contribution in [1.82, 2.24) is 0 Å². The van der Waals surface area contributed by atoms with E-state index in [1.54, 1.807) is 0 Å². The third-order valence-electron chi connectivity index (χ3n) is 12.1. The molecule has 74 heavy (non-hydrogen) atoms. The van der Waals surface area contributed by atoms with Crippen LogP contribution in [0.15, 0.2) is 146 Å². The van der Waals surface area contributed by atoms with E-state index in [1.165, 1.54) is 44.9 Å². The first-order chi connectivity index (χ1) is 36.5. The molecule has 0 aromatic heterocycles. The summed E-state index contributed by atoms with van der Waals surface area (Å²) in [6.45, 7) is 6.33. The molecule has 0 N–H and O–H groups in total. The van der Waals surface area contributed by atoms with Gasteiger partial charge in [0.1, 0.15) is 13.2 Å². The number of esters is 3. The lowest BCUT2D eigenvalue weighted by Gasteiger charge is -2.18. The predicted molar refractivity (Wildman–Crippen MR) is 320 cm³/mol. The zero-order chi connectivity index (χ0) is 53.6. The standard InChI is InChI=1S/C68H108O6/c1-4-7-10-13-16-19-22-25-28-30-32-34-36-38-40-43-46-49-52-55-58-61-67(70)73-64-65(63-72-66(69)60-57-54-51-48-45-42-27-24-21-18-15-12-9-6-3)74-68(71)62-59-56-53-50-47-44-41-39-37-35-33-31-29-26-23-20-17-14-11-8-5-2/h7-8,10-11,16-17,19-20,24-29,32-35,38-41,46,49,65H,4-6,9,12-15,18,21-23,30-31,36-37,42-45,47-48,50-64H2,1-3H3/b10-7-,11-8-,19-16-,20-17-,27-24-,28-25-,29-26-,34-32-,35-33-,40-38-,41-39-,49-46-. The van der Waals surface area contributed by atoms with E-state index >= 15 is 0 Å². The summed E-state index contributed by atoms with van der Waals surface area (Å²) in [6.07, 6.45) is 86.9. The van der Waals surface area contributed by atoms with Crippen LogP contribution < -0.4 is 0 Å². The molecule has 0 aliphatic rings. The molecule has 0 fully saturated rings. The number of allylic oxidation sites excluding steroid dienone is 24. The van der Waals surface area contributed by atoms with Crippen molar-refractivity contribution in [1.29, 1.82) is 0 Å². The van der Waals surface area contributed by atoms with Gasteiger partial charge in [-0.3, -0.25) is 14.4 Å². The maximum absolute atomic E-state index is 12.9. The Bertz CT molecular complexity index is 1640. The molecule has 6 heteroatoms. The molecule has 416 valence electrons. The lowest BCUT2D eigenvalue weighted by atomic mass is 10.1. The van der Waals surface area contributed by atoms with Crippen molar-refractivity contribution in [2.24, 2.45) is 0 Å². The summed E-state index contributed by atoms with van der Waals surface area (Å²) in [6, 6.07) is 0. The fourth-order valence-corrected chi connectivity index (χ4v) is 7.64. The molecular weight excluding hydrogens is 913 g/mol. The van der Waals surface area contributed by atoms with Gasteiger partial charge in [0.15, 0.2) is 6.10 Å². The van der Waals surface area contributed by atoms with Crippen molar-refractivity contribution in [3.05, 3.63) is 146 Å². The summed E-state index contributed by atoms with van der Waals surface area (Å²) < 4.78 is 16.8. The molecule has 0 aliphatic carbocycles. The summed E-state index contributed by atoms with van der Waals surface area (Å²) in [5.41, 5.74) is 0. The molecule has 0 aromatic carbocycles. The van der Waals surface area contributed by atoms with E-state index in [2.05, 4.69) is 167 Å². The van der Waals surface area contributed by atoms with Crippen LogP contribution in [-0.4, -0.2) is 37.2 Å². The second-order valence-electron chi connectivity index (χ2n) is 19.1. The van der Waals surface area contributed by atoms with Gasteiger partial charge in [-0.1, -0.05) is 231 Å². The third-order valence-corrected chi connectivity index (χ3v) is 12.1. The van der Waals surface area contributed by atoms with E-state index in [0.717, 1.165) is 154 Å². The highest BCUT2D eigenvalue weighted by Crippen LogP contribution is 2.13. The van der Waals surface area contributed by atoms with E-state index in [1.807, 2.05) is 0 Å². The molecule has 0 rings (SSSR count). The van der Waals surface area contributed by atoms with Crippen molar-refractivity contribution in [3.63, 3.8) is 0 Å². The van der Waals surface area contributed by atoms with Crippen LogP contribution in [0.2, 0.25) is 0 Å². The minimum Gasteiger partial charge on any atom is -0.462 e. The summed E-state index contributed by atoms with van der Waals surface area (Å²) in [7, 11) is 0. The van der Waals surface area contributed by atoms with E-state index in [-0.39, 0.29) is 37.5 Å². The Hall–Kier alpha value is -4.71. The number of rotatable bonds is 52. The Morgan fingerprint density at radius 3 is 0.865 bits per heavy atom. The van der Waals surface area contributed by atoms with Gasteiger partial charge in [-0.05, 0) is 141 Å². The van der Waals surface area contributed by atoms with Crippen molar-refractivity contribution in [2.75, 3.05) is 13.2 Å². The summed E-state index contributed by atoms with van der Waals surface area (Å²) in [4.78, 5) is 38.2. The highest BCUT2D eigenvalue weighted by Gasteiger charge is 2.19. The van der Waals surface area contributed by atoms with Gasteiger partial charge in [-0.15, -0.1) is 0 Å². The van der Waals surface area contributed by atoms with E-state index in [9.17, 15) is 14.4 Å². The topological polar surface area (TPSA) is 78.9 Å². The number of hydrogen-bond acceptors (Lipinski definition) is 6. The van der Waals surface area contributed by atoms with Crippen LogP contribution in [0.1, 0.15) is 245 Å². The lowest BCUT2D eigenvalue weighted by Crippen LogP contribution is -2.30. The summed E-state index contributed by atoms with van der Waals surface area (Å²) in [5, 5.41) is 0. The molecule has 1 atom stereocenters. The number of carbonyl (C=O) groups excluding carboxylic acids is 3. The van der Waals surface area contributed by atoms with Crippen molar-refractivity contribution < 1.29 is 28.6 Å². The maximum Gasteiger partial charge on any atom is 0.306 e. The first kappa shape index (κ1) is 69.3. The molecule has 0 spiro atoms. The molecule has 0 aromatic rings. The van der Waals surface area contributed by atoms with Gasteiger partial charge in [0, 0.05) is 19.3 Å². The summed E-state index contributed by atoms with van der Waals surface area (Å²) >= 11 is 0. The Kier molecular flexibility index (Phi) is 57.0. The van der Waals surface area contributed by atoms with Crippen LogP contribution in [-0.2, 0) is 28.6 Å². The minimum absolute atomic E-state index is 0.110. The maximum atomic E-state index is 12.9. The third kappa shape index (κ3) is 58.2. The zero-order valence-corrected chi connectivity index (χ0v) is 47.5. The van der Waals surface area contributed by atoms with Crippen LogP contribution in [0.25, 0.3) is 0 Å². The van der Waals surface area contributed by atoms with Gasteiger partial charge in [0.05, 0.1) is 0 Å². The van der Waals surface area contributed by atoms with Crippen LogP contribution in [0.3, 0.4) is 0 Å². The van der Waals surface area contributed by atoms with Crippen molar-refractivity contribution in [3.8, 4) is 0 Å². The molecular formula is C68H108O6. The first-order valence-corrected chi connectivity index (χ1v) is 29.8. The second kappa shape index (κ2) is 60.8. The molecule has 0 radical (unpaired) electrons.